The zero-order chi connectivity index (χ0) is 24.6. The van der Waals surface area contributed by atoms with E-state index in [4.69, 9.17) is 19.9 Å². The lowest BCUT2D eigenvalue weighted by atomic mass is 9.96. The average Bonchev–Trinajstić information content (AvgIpc) is 3.28. The largest absolute Gasteiger partial charge is 0.490 e. The highest BCUT2D eigenvalue weighted by Crippen LogP contribution is 2.34. The van der Waals surface area contributed by atoms with E-state index in [2.05, 4.69) is 15.9 Å². The molecule has 1 aromatic carbocycles. The molecular weight excluding hydrogens is 448 g/mol. The monoisotopic (exact) mass is 488 g/mol. The molecule has 194 valence electrons. The highest BCUT2D eigenvalue weighted by molar-refractivity contribution is 5.79. The molecule has 0 aliphatic carbocycles. The van der Waals surface area contributed by atoms with Gasteiger partial charge in [0.1, 0.15) is 6.61 Å². The summed E-state index contributed by atoms with van der Waals surface area (Å²) in [6.45, 7) is 8.80. The first-order valence-corrected chi connectivity index (χ1v) is 13.0. The lowest BCUT2D eigenvalue weighted by Gasteiger charge is -2.34. The molecule has 2 N–H and O–H groups in total. The van der Waals surface area contributed by atoms with Crippen LogP contribution in [0.2, 0.25) is 0 Å². The van der Waals surface area contributed by atoms with Crippen molar-refractivity contribution in [2.24, 2.45) is 11.7 Å². The van der Waals surface area contributed by atoms with Gasteiger partial charge in [-0.05, 0) is 58.3 Å². The number of nitrogens with two attached hydrogens (primary N) is 1. The van der Waals surface area contributed by atoms with E-state index in [-0.39, 0.29) is 17.7 Å². The molecular formula is C26H40N4O5. The molecule has 9 nitrogen and oxygen atoms in total. The number of nitrogens with zero attached hydrogens (tertiary/aromatic N) is 3. The molecule has 35 heavy (non-hydrogen) atoms. The maximum atomic E-state index is 13.3. The number of carbonyl (C=O) groups is 2. The zero-order valence-electron chi connectivity index (χ0n) is 21.0. The summed E-state index contributed by atoms with van der Waals surface area (Å²) >= 11 is 0. The van der Waals surface area contributed by atoms with Crippen LogP contribution < -0.4 is 15.2 Å². The van der Waals surface area contributed by atoms with Gasteiger partial charge in [0.15, 0.2) is 11.5 Å². The number of hydrogen-bond acceptors (Lipinski definition) is 7. The Morgan fingerprint density at radius 1 is 1.09 bits per heavy atom. The van der Waals surface area contributed by atoms with Crippen molar-refractivity contribution in [3.63, 3.8) is 0 Å². The van der Waals surface area contributed by atoms with Crippen LogP contribution in [0.4, 0.5) is 0 Å². The number of likely N-dealkylation sites (tertiary alicyclic amines) is 1. The van der Waals surface area contributed by atoms with Gasteiger partial charge in [-0.1, -0.05) is 12.1 Å². The third-order valence-corrected chi connectivity index (χ3v) is 7.35. The number of piperidine rings is 1. The van der Waals surface area contributed by atoms with Crippen molar-refractivity contribution in [2.75, 3.05) is 65.7 Å². The molecule has 9 heteroatoms. The van der Waals surface area contributed by atoms with Gasteiger partial charge in [-0.15, -0.1) is 0 Å². The Morgan fingerprint density at radius 3 is 2.69 bits per heavy atom. The zero-order valence-corrected chi connectivity index (χ0v) is 21.0. The molecule has 1 atom stereocenters. The second-order valence-corrected chi connectivity index (χ2v) is 9.70. The minimum Gasteiger partial charge on any atom is -0.490 e. The number of carbonyl (C=O) groups excluding carboxylic acids is 2. The van der Waals surface area contributed by atoms with Crippen molar-refractivity contribution in [1.29, 1.82) is 0 Å². The van der Waals surface area contributed by atoms with Gasteiger partial charge in [-0.3, -0.25) is 19.4 Å². The van der Waals surface area contributed by atoms with E-state index >= 15 is 0 Å². The van der Waals surface area contributed by atoms with E-state index in [1.165, 1.54) is 0 Å². The quantitative estimate of drug-likeness (QED) is 0.671. The van der Waals surface area contributed by atoms with E-state index in [1.54, 1.807) is 0 Å². The van der Waals surface area contributed by atoms with Crippen LogP contribution in [-0.4, -0.2) is 98.3 Å². The van der Waals surface area contributed by atoms with Gasteiger partial charge in [0.25, 0.3) is 0 Å². The summed E-state index contributed by atoms with van der Waals surface area (Å²) in [5.74, 6) is 1.40. The van der Waals surface area contributed by atoms with Crippen LogP contribution in [0.25, 0.3) is 0 Å². The number of fused-ring (bicyclic) bond motifs is 2. The lowest BCUT2D eigenvalue weighted by Crippen LogP contribution is -2.49. The summed E-state index contributed by atoms with van der Waals surface area (Å²) < 4.78 is 17.8. The molecule has 0 radical (unpaired) electrons. The lowest BCUT2D eigenvalue weighted by molar-refractivity contribution is -0.134. The third kappa shape index (κ3) is 6.86. The van der Waals surface area contributed by atoms with Crippen molar-refractivity contribution >= 4 is 11.8 Å². The van der Waals surface area contributed by atoms with Crippen LogP contribution in [0.1, 0.15) is 38.2 Å². The normalized spacial score (nSPS) is 23.2. The van der Waals surface area contributed by atoms with Gasteiger partial charge in [-0.2, -0.15) is 0 Å². The molecule has 0 spiro atoms. The maximum absolute atomic E-state index is 13.3. The smallest absolute Gasteiger partial charge is 0.236 e. The minimum absolute atomic E-state index is 0.0688. The van der Waals surface area contributed by atoms with E-state index in [0.717, 1.165) is 68.9 Å². The van der Waals surface area contributed by atoms with Gasteiger partial charge in [0.05, 0.1) is 26.4 Å². The molecule has 2 saturated heterocycles. The Labute approximate surface area is 208 Å². The maximum Gasteiger partial charge on any atom is 0.236 e. The molecule has 0 saturated carbocycles. The van der Waals surface area contributed by atoms with Crippen molar-refractivity contribution in [2.45, 2.75) is 45.2 Å². The van der Waals surface area contributed by atoms with Crippen molar-refractivity contribution in [3.05, 3.63) is 23.8 Å². The Morgan fingerprint density at radius 2 is 1.91 bits per heavy atom. The number of rotatable bonds is 5. The number of hydrogen-bond donors (Lipinski definition) is 1. The topological polar surface area (TPSA) is 97.6 Å². The summed E-state index contributed by atoms with van der Waals surface area (Å²) in [6.07, 6.45) is 3.64. The second kappa shape index (κ2) is 12.6. The summed E-state index contributed by atoms with van der Waals surface area (Å²) in [5.41, 5.74) is 6.57. The average molecular weight is 489 g/mol. The minimum atomic E-state index is -0.229. The third-order valence-electron chi connectivity index (χ3n) is 7.35. The van der Waals surface area contributed by atoms with Crippen LogP contribution in [0.15, 0.2) is 18.2 Å². The Hall–Kier alpha value is -2.36. The predicted octanol–water partition coefficient (Wildman–Crippen LogP) is 1.48. The molecule has 3 heterocycles. The van der Waals surface area contributed by atoms with Crippen LogP contribution in [0, 0.1) is 5.92 Å². The van der Waals surface area contributed by atoms with E-state index < -0.39 is 0 Å². The van der Waals surface area contributed by atoms with Gasteiger partial charge in [0, 0.05) is 37.2 Å². The fraction of sp³-hybridized carbons (Fsp3) is 0.692. The summed E-state index contributed by atoms with van der Waals surface area (Å²) in [4.78, 5) is 31.4. The molecule has 2 amide bonds. The first-order chi connectivity index (χ1) is 17.0. The first kappa shape index (κ1) is 25.7. The number of primary amides is 1. The molecule has 0 aromatic heterocycles. The SMILES string of the molecule is CCOc1cccc2c1OCCOCCN(C(=O)CN1CCC(C(N)=O)CC1)C[C@@H]1CCCN1C2. The number of para-hydroxylation sites is 1. The molecule has 2 fully saturated rings. The molecule has 0 unspecified atom stereocenters. The highest BCUT2D eigenvalue weighted by Gasteiger charge is 2.31. The summed E-state index contributed by atoms with van der Waals surface area (Å²) in [7, 11) is 0. The van der Waals surface area contributed by atoms with Crippen LogP contribution in [0.5, 0.6) is 11.5 Å². The standard InChI is InChI=1S/C26H40N4O5/c1-2-34-23-7-3-5-21-17-29-10-4-6-22(29)18-30(13-14-33-15-16-35-25(21)23)24(31)19-28-11-8-20(9-12-28)26(27)32/h3,5,7,20,22H,2,4,6,8-19H2,1H3,(H2,27,32)/t22-/m0/s1. The van der Waals surface area contributed by atoms with Crippen molar-refractivity contribution in [3.8, 4) is 11.5 Å². The summed E-state index contributed by atoms with van der Waals surface area (Å²) in [6, 6.07) is 6.37. The first-order valence-electron chi connectivity index (χ1n) is 13.0. The van der Waals surface area contributed by atoms with E-state index in [1.807, 2.05) is 24.0 Å². The van der Waals surface area contributed by atoms with Crippen LogP contribution >= 0.6 is 0 Å². The van der Waals surface area contributed by atoms with Gasteiger partial charge >= 0.3 is 0 Å². The highest BCUT2D eigenvalue weighted by atomic mass is 16.5. The molecule has 3 aliphatic rings. The number of ether oxygens (including phenoxy) is 3. The fourth-order valence-electron chi connectivity index (χ4n) is 5.37. The Kier molecular flexibility index (Phi) is 9.23. The van der Waals surface area contributed by atoms with Crippen molar-refractivity contribution in [1.82, 2.24) is 14.7 Å². The van der Waals surface area contributed by atoms with Crippen LogP contribution in [0.3, 0.4) is 0 Å². The van der Waals surface area contributed by atoms with Crippen molar-refractivity contribution < 1.29 is 23.8 Å². The van der Waals surface area contributed by atoms with Crippen LogP contribution in [-0.2, 0) is 20.9 Å². The summed E-state index contributed by atoms with van der Waals surface area (Å²) in [5, 5.41) is 0. The molecule has 4 rings (SSSR count). The van der Waals surface area contributed by atoms with E-state index in [0.29, 0.717) is 52.1 Å². The number of amides is 2. The fourth-order valence-corrected chi connectivity index (χ4v) is 5.37. The predicted molar refractivity (Wildman–Crippen MR) is 132 cm³/mol. The molecule has 1 aromatic rings. The van der Waals surface area contributed by atoms with Gasteiger partial charge < -0.3 is 24.8 Å². The van der Waals surface area contributed by atoms with Gasteiger partial charge in [0.2, 0.25) is 11.8 Å². The molecule has 3 aliphatic heterocycles. The second-order valence-electron chi connectivity index (χ2n) is 9.70. The number of benzene rings is 1. The Balaban J connectivity index is 1.44. The van der Waals surface area contributed by atoms with E-state index in [9.17, 15) is 9.59 Å². The Bertz CT molecular complexity index is 858. The molecule has 0 bridgehead atoms. The van der Waals surface area contributed by atoms with Gasteiger partial charge in [-0.25, -0.2) is 0 Å².